The van der Waals surface area contributed by atoms with Gasteiger partial charge in [0.1, 0.15) is 11.8 Å². The van der Waals surface area contributed by atoms with E-state index in [1.807, 2.05) is 35.2 Å². The lowest BCUT2D eigenvalue weighted by atomic mass is 10.2. The molecule has 2 rings (SSSR count). The molecule has 0 unspecified atom stereocenters. The Balaban J connectivity index is 1.73. The fourth-order valence-electron chi connectivity index (χ4n) is 2.44. The van der Waals surface area contributed by atoms with E-state index in [-0.39, 0.29) is 12.5 Å². The zero-order valence-electron chi connectivity index (χ0n) is 12.2. The fraction of sp³-hybridized carbons (Fsp3) is 0.500. The van der Waals surface area contributed by atoms with E-state index in [0.29, 0.717) is 19.5 Å². The second kappa shape index (κ2) is 8.28. The van der Waals surface area contributed by atoms with Gasteiger partial charge >= 0.3 is 0 Å². The molecule has 1 aliphatic rings. The molecule has 1 N–H and O–H groups in total. The number of para-hydroxylation sites is 1. The summed E-state index contributed by atoms with van der Waals surface area (Å²) in [5.74, 6) is 0.950. The van der Waals surface area contributed by atoms with Crippen molar-refractivity contribution in [2.45, 2.75) is 25.8 Å². The monoisotopic (exact) mass is 287 g/mol. The maximum atomic E-state index is 11.9. The van der Waals surface area contributed by atoms with Gasteiger partial charge in [-0.15, -0.1) is 0 Å². The molecule has 0 aliphatic carbocycles. The van der Waals surface area contributed by atoms with E-state index in [1.54, 1.807) is 0 Å². The summed E-state index contributed by atoms with van der Waals surface area (Å²) in [6.07, 6.45) is 2.78. The van der Waals surface area contributed by atoms with Gasteiger partial charge in [-0.2, -0.15) is 5.26 Å². The van der Waals surface area contributed by atoms with Gasteiger partial charge in [0.2, 0.25) is 5.91 Å². The topological polar surface area (TPSA) is 65.4 Å². The summed E-state index contributed by atoms with van der Waals surface area (Å²) >= 11 is 0. The van der Waals surface area contributed by atoms with Crippen molar-refractivity contribution in [2.75, 3.05) is 26.2 Å². The summed E-state index contributed by atoms with van der Waals surface area (Å²) in [5, 5.41) is 11.8. The summed E-state index contributed by atoms with van der Waals surface area (Å²) in [4.78, 5) is 13.8. The first-order valence-corrected chi connectivity index (χ1v) is 7.37. The number of ether oxygens (including phenoxy) is 1. The number of carbonyl (C=O) groups is 1. The Bertz CT molecular complexity index is 504. The highest BCUT2D eigenvalue weighted by Gasteiger charge is 2.16. The molecule has 112 valence electrons. The molecule has 1 fully saturated rings. The van der Waals surface area contributed by atoms with Crippen molar-refractivity contribution in [1.29, 1.82) is 5.26 Å². The van der Waals surface area contributed by atoms with Crippen molar-refractivity contribution in [3.63, 3.8) is 0 Å². The Morgan fingerprint density at radius 1 is 1.33 bits per heavy atom. The number of nitriles is 1. The second-order valence-electron chi connectivity index (χ2n) is 5.07. The number of amides is 1. The van der Waals surface area contributed by atoms with Crippen LogP contribution in [0, 0.1) is 11.3 Å². The molecule has 0 atom stereocenters. The van der Waals surface area contributed by atoms with Gasteiger partial charge in [0.05, 0.1) is 0 Å². The molecule has 0 saturated carbocycles. The van der Waals surface area contributed by atoms with Crippen LogP contribution in [0.5, 0.6) is 5.75 Å². The Morgan fingerprint density at radius 3 is 2.86 bits per heavy atom. The molecule has 0 spiro atoms. The molecule has 1 aliphatic heterocycles. The average molecular weight is 287 g/mol. The van der Waals surface area contributed by atoms with Crippen molar-refractivity contribution in [2.24, 2.45) is 0 Å². The maximum absolute atomic E-state index is 11.9. The minimum absolute atomic E-state index is 0.0461. The summed E-state index contributed by atoms with van der Waals surface area (Å²) in [6, 6.07) is 9.59. The van der Waals surface area contributed by atoms with Crippen LogP contribution in [0.4, 0.5) is 0 Å². The van der Waals surface area contributed by atoms with Gasteiger partial charge in [0.25, 0.3) is 0 Å². The van der Waals surface area contributed by atoms with Crippen LogP contribution in [0.25, 0.3) is 0 Å². The number of rotatable bonds is 7. The fourth-order valence-corrected chi connectivity index (χ4v) is 2.44. The molecule has 0 radical (unpaired) electrons. The van der Waals surface area contributed by atoms with Crippen LogP contribution in [0.1, 0.15) is 24.8 Å². The molecule has 1 amide bonds. The van der Waals surface area contributed by atoms with E-state index in [1.165, 1.54) is 0 Å². The van der Waals surface area contributed by atoms with E-state index < -0.39 is 0 Å². The predicted octanol–water partition coefficient (Wildman–Crippen LogP) is 1.69. The molecule has 0 bridgehead atoms. The van der Waals surface area contributed by atoms with Gasteiger partial charge in [-0.1, -0.05) is 18.2 Å². The molecule has 1 heterocycles. The smallest absolute Gasteiger partial charge is 0.223 e. The third-order valence-corrected chi connectivity index (χ3v) is 3.55. The molecule has 1 aromatic rings. The van der Waals surface area contributed by atoms with E-state index in [9.17, 15) is 4.79 Å². The standard InChI is InChI=1S/C16H21N3O2/c17-8-12-21-15-6-2-1-5-14(15)13-18-9-7-16(20)19-10-3-4-11-19/h1-2,5-6,18H,3-4,7,9-13H2. The molecule has 1 aromatic carbocycles. The number of hydrogen-bond donors (Lipinski definition) is 1. The summed E-state index contributed by atoms with van der Waals surface area (Å²) in [6.45, 7) is 3.15. The highest BCUT2D eigenvalue weighted by molar-refractivity contribution is 5.76. The van der Waals surface area contributed by atoms with Crippen molar-refractivity contribution < 1.29 is 9.53 Å². The van der Waals surface area contributed by atoms with E-state index in [4.69, 9.17) is 10.00 Å². The molecule has 0 aromatic heterocycles. The summed E-state index contributed by atoms with van der Waals surface area (Å²) in [7, 11) is 0. The van der Waals surface area contributed by atoms with E-state index >= 15 is 0 Å². The van der Waals surface area contributed by atoms with Crippen LogP contribution in [0.2, 0.25) is 0 Å². The molecule has 21 heavy (non-hydrogen) atoms. The van der Waals surface area contributed by atoms with Crippen LogP contribution in [0.15, 0.2) is 24.3 Å². The number of likely N-dealkylation sites (tertiary alicyclic amines) is 1. The van der Waals surface area contributed by atoms with E-state index in [0.717, 1.165) is 37.2 Å². The third-order valence-electron chi connectivity index (χ3n) is 3.55. The average Bonchev–Trinajstić information content (AvgIpc) is 3.04. The van der Waals surface area contributed by atoms with Crippen molar-refractivity contribution in [1.82, 2.24) is 10.2 Å². The van der Waals surface area contributed by atoms with Crippen LogP contribution in [-0.2, 0) is 11.3 Å². The highest BCUT2D eigenvalue weighted by Crippen LogP contribution is 2.17. The van der Waals surface area contributed by atoms with E-state index in [2.05, 4.69) is 5.32 Å². The first-order valence-electron chi connectivity index (χ1n) is 7.37. The zero-order valence-corrected chi connectivity index (χ0v) is 12.2. The first-order chi connectivity index (χ1) is 10.3. The highest BCUT2D eigenvalue weighted by atomic mass is 16.5. The number of nitrogens with zero attached hydrogens (tertiary/aromatic N) is 2. The molecule has 5 nitrogen and oxygen atoms in total. The SMILES string of the molecule is N#CCOc1ccccc1CNCCC(=O)N1CCCC1. The van der Waals surface area contributed by atoms with Crippen LogP contribution >= 0.6 is 0 Å². The van der Waals surface area contributed by atoms with Crippen LogP contribution < -0.4 is 10.1 Å². The Labute approximate surface area is 125 Å². The van der Waals surface area contributed by atoms with Gasteiger partial charge in [-0.05, 0) is 18.9 Å². The molecular weight excluding hydrogens is 266 g/mol. The van der Waals surface area contributed by atoms with Gasteiger partial charge in [-0.3, -0.25) is 4.79 Å². The van der Waals surface area contributed by atoms with Gasteiger partial charge < -0.3 is 15.0 Å². The maximum Gasteiger partial charge on any atom is 0.223 e. The summed E-state index contributed by atoms with van der Waals surface area (Å²) < 4.78 is 5.37. The zero-order chi connectivity index (χ0) is 14.9. The Morgan fingerprint density at radius 2 is 2.10 bits per heavy atom. The lowest BCUT2D eigenvalue weighted by Gasteiger charge is -2.15. The van der Waals surface area contributed by atoms with Crippen LogP contribution in [-0.4, -0.2) is 37.0 Å². The lowest BCUT2D eigenvalue weighted by molar-refractivity contribution is -0.130. The quantitative estimate of drug-likeness (QED) is 0.775. The van der Waals surface area contributed by atoms with Gasteiger partial charge in [0.15, 0.2) is 6.61 Å². The molecule has 5 heteroatoms. The van der Waals surface area contributed by atoms with Gasteiger partial charge in [-0.25, -0.2) is 0 Å². The molecular formula is C16H21N3O2. The minimum Gasteiger partial charge on any atom is -0.478 e. The summed E-state index contributed by atoms with van der Waals surface area (Å²) in [5.41, 5.74) is 1.00. The molecule has 1 saturated heterocycles. The van der Waals surface area contributed by atoms with Crippen molar-refractivity contribution >= 4 is 5.91 Å². The number of nitrogens with one attached hydrogen (secondary N) is 1. The first kappa shape index (κ1) is 15.3. The second-order valence-corrected chi connectivity index (χ2v) is 5.07. The van der Waals surface area contributed by atoms with Crippen LogP contribution in [0.3, 0.4) is 0 Å². The Hall–Kier alpha value is -2.06. The van der Waals surface area contributed by atoms with Crippen molar-refractivity contribution in [3.8, 4) is 11.8 Å². The van der Waals surface area contributed by atoms with Crippen molar-refractivity contribution in [3.05, 3.63) is 29.8 Å². The number of carbonyl (C=O) groups excluding carboxylic acids is 1. The third kappa shape index (κ3) is 4.76. The largest absolute Gasteiger partial charge is 0.478 e. The number of hydrogen-bond acceptors (Lipinski definition) is 4. The normalized spacial score (nSPS) is 14.0. The lowest BCUT2D eigenvalue weighted by Crippen LogP contribution is -2.30. The minimum atomic E-state index is 0.0461. The number of benzene rings is 1. The predicted molar refractivity (Wildman–Crippen MR) is 79.7 cm³/mol. The Kier molecular flexibility index (Phi) is 6.04. The van der Waals surface area contributed by atoms with Gasteiger partial charge in [0, 0.05) is 38.2 Å².